The van der Waals surface area contributed by atoms with Gasteiger partial charge in [-0.15, -0.1) is 0 Å². The van der Waals surface area contributed by atoms with Crippen LogP contribution in [0.1, 0.15) is 18.9 Å². The number of hydrogen-bond acceptors (Lipinski definition) is 3. The maximum absolute atomic E-state index is 12.0. The van der Waals surface area contributed by atoms with Crippen LogP contribution in [0.15, 0.2) is 18.2 Å². The average Bonchev–Trinajstić information content (AvgIpc) is 2.28. The molecule has 5 heteroatoms. The van der Waals surface area contributed by atoms with E-state index in [1.54, 1.807) is 7.05 Å². The summed E-state index contributed by atoms with van der Waals surface area (Å²) in [5.41, 5.74) is 2.87. The van der Waals surface area contributed by atoms with E-state index < -0.39 is 10.0 Å². The molecule has 1 rings (SSSR count). The fourth-order valence-electron chi connectivity index (χ4n) is 1.83. The van der Waals surface area contributed by atoms with E-state index in [2.05, 4.69) is 0 Å². The highest BCUT2D eigenvalue weighted by atomic mass is 32.2. The van der Waals surface area contributed by atoms with Crippen LogP contribution in [0.25, 0.3) is 0 Å². The van der Waals surface area contributed by atoms with Crippen LogP contribution >= 0.6 is 0 Å². The number of aryl methyl sites for hydroxylation is 1. The minimum Gasteiger partial charge on any atom is -0.377 e. The van der Waals surface area contributed by atoms with Gasteiger partial charge in [0.2, 0.25) is 10.0 Å². The molecule has 0 saturated heterocycles. The Bertz CT molecular complexity index is 510. The second kappa shape index (κ2) is 5.61. The highest BCUT2D eigenvalue weighted by molar-refractivity contribution is 7.92. The molecular formula is C13H22N2O2S. The summed E-state index contributed by atoms with van der Waals surface area (Å²) >= 11 is 0. The normalized spacial score (nSPS) is 11.4. The lowest BCUT2D eigenvalue weighted by Gasteiger charge is -2.22. The van der Waals surface area contributed by atoms with Crippen molar-refractivity contribution < 1.29 is 8.42 Å². The van der Waals surface area contributed by atoms with Crippen LogP contribution in [0, 0.1) is 6.92 Å². The van der Waals surface area contributed by atoms with Gasteiger partial charge >= 0.3 is 0 Å². The molecule has 102 valence electrons. The summed E-state index contributed by atoms with van der Waals surface area (Å²) in [5.74, 6) is 0.175. The lowest BCUT2D eigenvalue weighted by atomic mass is 10.1. The monoisotopic (exact) mass is 270 g/mol. The molecule has 0 unspecified atom stereocenters. The van der Waals surface area contributed by atoms with Crippen LogP contribution in [-0.4, -0.2) is 35.3 Å². The molecule has 0 heterocycles. The molecule has 1 aromatic rings. The Balaban J connectivity index is 3.15. The van der Waals surface area contributed by atoms with Crippen molar-refractivity contribution in [3.63, 3.8) is 0 Å². The Hall–Kier alpha value is -1.23. The fraction of sp³-hybridized carbons (Fsp3) is 0.538. The first-order valence-corrected chi connectivity index (χ1v) is 7.65. The molecule has 4 nitrogen and oxygen atoms in total. The summed E-state index contributed by atoms with van der Waals surface area (Å²) in [5, 5.41) is 0. The number of anilines is 2. The van der Waals surface area contributed by atoms with Crippen molar-refractivity contribution in [1.82, 2.24) is 0 Å². The molecule has 0 saturated carbocycles. The van der Waals surface area contributed by atoms with Gasteiger partial charge in [0.25, 0.3) is 0 Å². The van der Waals surface area contributed by atoms with Gasteiger partial charge in [0, 0.05) is 26.8 Å². The Kier molecular flexibility index (Phi) is 4.62. The van der Waals surface area contributed by atoms with Gasteiger partial charge in [-0.3, -0.25) is 4.31 Å². The average molecular weight is 270 g/mol. The van der Waals surface area contributed by atoms with Gasteiger partial charge in [-0.1, -0.05) is 13.0 Å². The van der Waals surface area contributed by atoms with Crippen molar-refractivity contribution in [1.29, 1.82) is 0 Å². The van der Waals surface area contributed by atoms with Crippen molar-refractivity contribution in [3.05, 3.63) is 23.8 Å². The van der Waals surface area contributed by atoms with Gasteiger partial charge in [-0.05, 0) is 31.0 Å². The van der Waals surface area contributed by atoms with E-state index >= 15 is 0 Å². The smallest absolute Gasteiger partial charge is 0.234 e. The standard InChI is InChI=1S/C13H22N2O2S/c1-6-9-18(16,17)15(5)12-8-7-11(2)13(10-12)14(3)4/h7-8,10H,6,9H2,1-5H3. The van der Waals surface area contributed by atoms with Crippen LogP contribution < -0.4 is 9.21 Å². The van der Waals surface area contributed by atoms with E-state index in [1.165, 1.54) is 4.31 Å². The molecule has 0 spiro atoms. The zero-order valence-electron chi connectivity index (χ0n) is 11.8. The molecule has 0 aliphatic carbocycles. The van der Waals surface area contributed by atoms with Crippen LogP contribution in [0.3, 0.4) is 0 Å². The molecule has 0 radical (unpaired) electrons. The Morgan fingerprint density at radius 2 is 1.78 bits per heavy atom. The molecular weight excluding hydrogens is 248 g/mol. The number of benzene rings is 1. The van der Waals surface area contributed by atoms with Crippen LogP contribution in [0.2, 0.25) is 0 Å². The highest BCUT2D eigenvalue weighted by Crippen LogP contribution is 2.26. The van der Waals surface area contributed by atoms with Crippen molar-refractivity contribution in [2.24, 2.45) is 0 Å². The van der Waals surface area contributed by atoms with E-state index in [4.69, 9.17) is 0 Å². The highest BCUT2D eigenvalue weighted by Gasteiger charge is 2.18. The predicted molar refractivity (Wildman–Crippen MR) is 78.0 cm³/mol. The summed E-state index contributed by atoms with van der Waals surface area (Å²) in [4.78, 5) is 1.99. The van der Waals surface area contributed by atoms with Gasteiger partial charge in [-0.25, -0.2) is 8.42 Å². The zero-order chi connectivity index (χ0) is 13.9. The summed E-state index contributed by atoms with van der Waals surface area (Å²) in [7, 11) is 2.30. The molecule has 0 fully saturated rings. The molecule has 18 heavy (non-hydrogen) atoms. The van der Waals surface area contributed by atoms with E-state index in [9.17, 15) is 8.42 Å². The molecule has 0 amide bonds. The minimum absolute atomic E-state index is 0.175. The van der Waals surface area contributed by atoms with Crippen molar-refractivity contribution in [3.8, 4) is 0 Å². The lowest BCUT2D eigenvalue weighted by molar-refractivity contribution is 0.593. The van der Waals surface area contributed by atoms with Crippen molar-refractivity contribution in [2.75, 3.05) is 36.1 Å². The molecule has 0 atom stereocenters. The third kappa shape index (κ3) is 3.16. The molecule has 0 N–H and O–H groups in total. The maximum Gasteiger partial charge on any atom is 0.234 e. The van der Waals surface area contributed by atoms with Crippen molar-refractivity contribution in [2.45, 2.75) is 20.3 Å². The Morgan fingerprint density at radius 3 is 2.28 bits per heavy atom. The first-order chi connectivity index (χ1) is 8.29. The van der Waals surface area contributed by atoms with Crippen molar-refractivity contribution >= 4 is 21.4 Å². The summed E-state index contributed by atoms with van der Waals surface area (Å²) in [6.45, 7) is 3.88. The molecule has 0 aliphatic rings. The van der Waals surface area contributed by atoms with Gasteiger partial charge in [-0.2, -0.15) is 0 Å². The van der Waals surface area contributed by atoms with E-state index in [0.717, 1.165) is 11.3 Å². The number of hydrogen-bond donors (Lipinski definition) is 0. The van der Waals surface area contributed by atoms with Gasteiger partial charge in [0.1, 0.15) is 0 Å². The Labute approximate surface area is 110 Å². The third-order valence-corrected chi connectivity index (χ3v) is 4.89. The second-order valence-corrected chi connectivity index (χ2v) is 6.77. The van der Waals surface area contributed by atoms with Crippen LogP contribution in [0.5, 0.6) is 0 Å². The third-order valence-electron chi connectivity index (χ3n) is 2.92. The molecule has 1 aromatic carbocycles. The first-order valence-electron chi connectivity index (χ1n) is 6.04. The predicted octanol–water partition coefficient (Wildman–Crippen LogP) is 2.24. The SMILES string of the molecule is CCCS(=O)(=O)N(C)c1ccc(C)c(N(C)C)c1. The quantitative estimate of drug-likeness (QED) is 0.824. The zero-order valence-corrected chi connectivity index (χ0v) is 12.6. The van der Waals surface area contributed by atoms with Crippen LogP contribution in [-0.2, 0) is 10.0 Å². The molecule has 0 aliphatic heterocycles. The van der Waals surface area contributed by atoms with Gasteiger partial charge in [0.15, 0.2) is 0 Å². The number of nitrogens with zero attached hydrogens (tertiary/aromatic N) is 2. The minimum atomic E-state index is -3.20. The van der Waals surface area contributed by atoms with E-state index in [-0.39, 0.29) is 5.75 Å². The Morgan fingerprint density at radius 1 is 1.17 bits per heavy atom. The summed E-state index contributed by atoms with van der Waals surface area (Å²) in [6.07, 6.45) is 0.624. The fourth-order valence-corrected chi connectivity index (χ4v) is 3.06. The maximum atomic E-state index is 12.0. The second-order valence-electron chi connectivity index (χ2n) is 4.65. The van der Waals surface area contributed by atoms with Crippen LogP contribution in [0.4, 0.5) is 11.4 Å². The first kappa shape index (κ1) is 14.8. The van der Waals surface area contributed by atoms with Gasteiger partial charge in [0.05, 0.1) is 11.4 Å². The lowest BCUT2D eigenvalue weighted by Crippen LogP contribution is -2.29. The van der Waals surface area contributed by atoms with Gasteiger partial charge < -0.3 is 4.90 Å². The summed E-state index contributed by atoms with van der Waals surface area (Å²) < 4.78 is 25.4. The van der Waals surface area contributed by atoms with E-state index in [0.29, 0.717) is 12.1 Å². The number of rotatable bonds is 5. The summed E-state index contributed by atoms with van der Waals surface area (Å²) in [6, 6.07) is 5.70. The number of sulfonamides is 1. The topological polar surface area (TPSA) is 40.6 Å². The molecule has 0 aromatic heterocycles. The molecule has 0 bridgehead atoms. The largest absolute Gasteiger partial charge is 0.377 e. The van der Waals surface area contributed by atoms with E-state index in [1.807, 2.05) is 51.0 Å².